The van der Waals surface area contributed by atoms with Gasteiger partial charge in [0.15, 0.2) is 5.76 Å². The first-order valence-corrected chi connectivity index (χ1v) is 6.58. The number of hydrogen-bond acceptors (Lipinski definition) is 6. The molecule has 1 aromatic rings. The van der Waals surface area contributed by atoms with Crippen molar-refractivity contribution >= 4 is 11.9 Å². The van der Waals surface area contributed by atoms with Gasteiger partial charge in [-0.05, 0) is 5.56 Å². The topological polar surface area (TPSA) is 71.1 Å². The van der Waals surface area contributed by atoms with Gasteiger partial charge in [0, 0.05) is 12.5 Å². The smallest absolute Gasteiger partial charge is 0.345 e. The van der Waals surface area contributed by atoms with Crippen LogP contribution in [0.1, 0.15) is 5.56 Å². The summed E-state index contributed by atoms with van der Waals surface area (Å²) in [6.07, 6.45) is 2.62. The van der Waals surface area contributed by atoms with Crippen LogP contribution in [0.2, 0.25) is 0 Å². The van der Waals surface area contributed by atoms with Crippen molar-refractivity contribution in [3.63, 3.8) is 0 Å². The van der Waals surface area contributed by atoms with E-state index in [0.29, 0.717) is 6.42 Å². The molecule has 1 unspecified atom stereocenters. The maximum atomic E-state index is 11.6. The summed E-state index contributed by atoms with van der Waals surface area (Å²) in [6, 6.07) is 9.67. The lowest BCUT2D eigenvalue weighted by Crippen LogP contribution is -2.16. The largest absolute Gasteiger partial charge is 0.465 e. The molecule has 0 spiro atoms. The lowest BCUT2D eigenvalue weighted by atomic mass is 10.1. The van der Waals surface area contributed by atoms with Gasteiger partial charge >= 0.3 is 11.9 Å². The van der Waals surface area contributed by atoms with E-state index >= 15 is 0 Å². The minimum atomic E-state index is -0.803. The molecule has 0 fully saturated rings. The molecule has 0 bridgehead atoms. The molecule has 0 saturated heterocycles. The summed E-state index contributed by atoms with van der Waals surface area (Å²) >= 11 is 0. The second kappa shape index (κ2) is 7.31. The molecule has 22 heavy (non-hydrogen) atoms. The molecule has 0 saturated carbocycles. The van der Waals surface area contributed by atoms with Crippen LogP contribution >= 0.6 is 0 Å². The molecule has 6 heteroatoms. The van der Waals surface area contributed by atoms with Crippen molar-refractivity contribution < 1.29 is 28.5 Å². The van der Waals surface area contributed by atoms with E-state index in [-0.39, 0.29) is 11.3 Å². The highest BCUT2D eigenvalue weighted by Gasteiger charge is 2.24. The molecule has 0 amide bonds. The van der Waals surface area contributed by atoms with Gasteiger partial charge in [0.25, 0.3) is 0 Å². The molecule has 6 nitrogen and oxygen atoms in total. The Kier molecular flexibility index (Phi) is 5.19. The van der Waals surface area contributed by atoms with E-state index in [1.165, 1.54) is 26.6 Å². The van der Waals surface area contributed by atoms with Crippen molar-refractivity contribution in [2.45, 2.75) is 12.7 Å². The summed E-state index contributed by atoms with van der Waals surface area (Å²) in [5, 5.41) is 0. The van der Waals surface area contributed by atoms with Crippen molar-refractivity contribution in [3.8, 4) is 0 Å². The molecule has 1 heterocycles. The van der Waals surface area contributed by atoms with E-state index in [2.05, 4.69) is 9.47 Å². The van der Waals surface area contributed by atoms with E-state index < -0.39 is 18.2 Å². The van der Waals surface area contributed by atoms with Gasteiger partial charge in [0.2, 0.25) is 6.29 Å². The maximum absolute atomic E-state index is 11.6. The van der Waals surface area contributed by atoms with Gasteiger partial charge in [-0.2, -0.15) is 0 Å². The van der Waals surface area contributed by atoms with Crippen LogP contribution in [0.3, 0.4) is 0 Å². The fourth-order valence-electron chi connectivity index (χ4n) is 1.88. The molecule has 0 N–H and O–H groups in total. The number of hydrogen-bond donors (Lipinski definition) is 0. The molecule has 0 aliphatic carbocycles. The number of ether oxygens (including phenoxy) is 4. The molecule has 1 aromatic carbocycles. The molecule has 0 radical (unpaired) electrons. The Hall–Kier alpha value is -2.76. The molecular weight excluding hydrogens is 288 g/mol. The van der Waals surface area contributed by atoms with Crippen LogP contribution in [-0.2, 0) is 35.0 Å². The Bertz CT molecular complexity index is 584. The van der Waals surface area contributed by atoms with Gasteiger partial charge in [0.1, 0.15) is 11.8 Å². The predicted molar refractivity (Wildman–Crippen MR) is 76.3 cm³/mol. The molecule has 0 aromatic heterocycles. The van der Waals surface area contributed by atoms with Crippen LogP contribution in [0.15, 0.2) is 54.0 Å². The van der Waals surface area contributed by atoms with Crippen LogP contribution in [0.25, 0.3) is 0 Å². The van der Waals surface area contributed by atoms with Gasteiger partial charge in [0.05, 0.1) is 14.2 Å². The fourth-order valence-corrected chi connectivity index (χ4v) is 1.88. The van der Waals surface area contributed by atoms with Crippen molar-refractivity contribution in [2.75, 3.05) is 14.2 Å². The maximum Gasteiger partial charge on any atom is 0.345 e. The third-order valence-electron chi connectivity index (χ3n) is 2.95. The highest BCUT2D eigenvalue weighted by Crippen LogP contribution is 2.20. The molecule has 1 aliphatic rings. The van der Waals surface area contributed by atoms with Gasteiger partial charge in [-0.1, -0.05) is 30.3 Å². The van der Waals surface area contributed by atoms with E-state index in [4.69, 9.17) is 9.47 Å². The number of allylic oxidation sites excluding steroid dienone is 1. The van der Waals surface area contributed by atoms with E-state index in [1.54, 1.807) is 0 Å². The minimum absolute atomic E-state index is 0.256. The number of esters is 2. The summed E-state index contributed by atoms with van der Waals surface area (Å²) in [6.45, 7) is 0. The molecular formula is C16H16O6. The van der Waals surface area contributed by atoms with Gasteiger partial charge in [-0.25, -0.2) is 9.59 Å². The predicted octanol–water partition coefficient (Wildman–Crippen LogP) is 1.72. The van der Waals surface area contributed by atoms with Crippen molar-refractivity contribution in [1.82, 2.24) is 0 Å². The zero-order valence-corrected chi connectivity index (χ0v) is 12.3. The molecule has 1 aliphatic heterocycles. The van der Waals surface area contributed by atoms with Crippen molar-refractivity contribution in [1.29, 1.82) is 0 Å². The van der Waals surface area contributed by atoms with Gasteiger partial charge in [-0.3, -0.25) is 0 Å². The quantitative estimate of drug-likeness (QED) is 0.357. The van der Waals surface area contributed by atoms with Crippen molar-refractivity contribution in [3.05, 3.63) is 59.6 Å². The Morgan fingerprint density at radius 2 is 1.77 bits per heavy atom. The monoisotopic (exact) mass is 304 g/mol. The first-order chi connectivity index (χ1) is 10.6. The van der Waals surface area contributed by atoms with Gasteiger partial charge < -0.3 is 18.9 Å². The van der Waals surface area contributed by atoms with E-state index in [9.17, 15) is 9.59 Å². The van der Waals surface area contributed by atoms with Crippen LogP contribution in [0.4, 0.5) is 0 Å². The minimum Gasteiger partial charge on any atom is -0.465 e. The normalized spacial score (nSPS) is 15.9. The number of benzene rings is 1. The fraction of sp³-hybridized carbons (Fsp3) is 0.250. The first kappa shape index (κ1) is 15.6. The number of carbonyl (C=O) groups excluding carboxylic acids is 2. The lowest BCUT2D eigenvalue weighted by molar-refractivity contribution is -0.144. The molecule has 1 atom stereocenters. The Morgan fingerprint density at radius 1 is 1.14 bits per heavy atom. The van der Waals surface area contributed by atoms with Crippen LogP contribution < -0.4 is 0 Å². The average Bonchev–Trinajstić information content (AvgIpc) is 2.99. The molecule has 116 valence electrons. The van der Waals surface area contributed by atoms with Crippen LogP contribution in [0, 0.1) is 0 Å². The highest BCUT2D eigenvalue weighted by atomic mass is 16.7. The SMILES string of the molecule is COC(=O)C(=CC1=COC(Cc2ccccc2)O1)C(=O)OC. The number of methoxy groups -OCH3 is 2. The highest BCUT2D eigenvalue weighted by molar-refractivity contribution is 6.14. The number of rotatable bonds is 5. The Balaban J connectivity index is 2.03. The third-order valence-corrected chi connectivity index (χ3v) is 2.95. The third kappa shape index (κ3) is 3.88. The number of carbonyl (C=O) groups is 2. The summed E-state index contributed by atoms with van der Waals surface area (Å²) in [5.41, 5.74) is 0.785. The van der Waals surface area contributed by atoms with Crippen LogP contribution in [-0.4, -0.2) is 32.4 Å². The molecule has 2 rings (SSSR count). The second-order valence-corrected chi connectivity index (χ2v) is 4.43. The summed E-state index contributed by atoms with van der Waals surface area (Å²) in [5.74, 6) is -1.35. The second-order valence-electron chi connectivity index (χ2n) is 4.43. The standard InChI is InChI=1S/C16H16O6/c1-19-15(17)13(16(18)20-2)9-12-10-21-14(22-12)8-11-6-4-3-5-7-11/h3-7,9-10,14H,8H2,1-2H3. The first-order valence-electron chi connectivity index (χ1n) is 6.58. The van der Waals surface area contributed by atoms with Gasteiger partial charge in [-0.15, -0.1) is 0 Å². The Labute approximate surface area is 127 Å². The zero-order valence-electron chi connectivity index (χ0n) is 12.3. The zero-order chi connectivity index (χ0) is 15.9. The summed E-state index contributed by atoms with van der Waals surface area (Å²) in [7, 11) is 2.36. The van der Waals surface area contributed by atoms with E-state index in [0.717, 1.165) is 5.56 Å². The van der Waals surface area contributed by atoms with Crippen molar-refractivity contribution in [2.24, 2.45) is 0 Å². The summed E-state index contributed by atoms with van der Waals surface area (Å²) < 4.78 is 20.0. The average molecular weight is 304 g/mol. The van der Waals surface area contributed by atoms with E-state index in [1.807, 2.05) is 30.3 Å². The summed E-state index contributed by atoms with van der Waals surface area (Å²) in [4.78, 5) is 23.1. The Morgan fingerprint density at radius 3 is 2.36 bits per heavy atom. The lowest BCUT2D eigenvalue weighted by Gasteiger charge is -2.11. The van der Waals surface area contributed by atoms with Crippen LogP contribution in [0.5, 0.6) is 0 Å².